The van der Waals surface area contributed by atoms with Gasteiger partial charge in [0.15, 0.2) is 6.10 Å². The second kappa shape index (κ2) is 7.18. The first-order chi connectivity index (χ1) is 10.5. The lowest BCUT2D eigenvalue weighted by molar-refractivity contribution is -0.140. The van der Waals surface area contributed by atoms with Gasteiger partial charge >= 0.3 is 5.97 Å². The van der Waals surface area contributed by atoms with Crippen LogP contribution in [-0.4, -0.2) is 17.9 Å². The van der Waals surface area contributed by atoms with Crippen molar-refractivity contribution in [3.63, 3.8) is 0 Å². The summed E-state index contributed by atoms with van der Waals surface area (Å²) < 4.78 is 5.16. The summed E-state index contributed by atoms with van der Waals surface area (Å²) in [4.78, 5) is 25.0. The molecule has 0 saturated carbocycles. The monoisotopic (exact) mass is 314 g/mol. The molecule has 1 aromatic carbocycles. The van der Waals surface area contributed by atoms with Crippen molar-refractivity contribution in [3.8, 4) is 0 Å². The molecule has 1 aromatic heterocycles. The lowest BCUT2D eigenvalue weighted by Gasteiger charge is -2.12. The molecule has 1 heterocycles. The smallest absolute Gasteiger partial charge is 0.331 e. The Morgan fingerprint density at radius 1 is 1.18 bits per heavy atom. The van der Waals surface area contributed by atoms with Crippen molar-refractivity contribution in [2.75, 3.05) is 0 Å². The number of carbonyl (C=O) groups excluding carboxylic acids is 2. The number of Topliss-reactive ketones (excluding diaryl/α,β-unsaturated/α-hetero) is 1. The average molecular weight is 314 g/mol. The van der Waals surface area contributed by atoms with E-state index in [1.807, 2.05) is 43.5 Å². The fourth-order valence-electron chi connectivity index (χ4n) is 1.93. The van der Waals surface area contributed by atoms with Crippen molar-refractivity contribution in [2.45, 2.75) is 26.9 Å². The molecule has 0 fully saturated rings. The number of ketones is 1. The summed E-state index contributed by atoms with van der Waals surface area (Å²) in [5, 5.41) is 1.93. The number of benzene rings is 1. The van der Waals surface area contributed by atoms with Gasteiger partial charge in [0.25, 0.3) is 0 Å². The molecule has 22 heavy (non-hydrogen) atoms. The fraction of sp³-hybridized carbons (Fsp3) is 0.222. The maximum atomic E-state index is 12.3. The molecule has 0 aliphatic rings. The molecule has 1 atom stereocenters. The van der Waals surface area contributed by atoms with Crippen LogP contribution in [0.25, 0.3) is 6.08 Å². The maximum absolute atomic E-state index is 12.3. The number of esters is 1. The van der Waals surface area contributed by atoms with E-state index in [2.05, 4.69) is 0 Å². The highest BCUT2D eigenvalue weighted by atomic mass is 32.1. The van der Waals surface area contributed by atoms with Gasteiger partial charge in [0.2, 0.25) is 5.78 Å². The Labute approximate surface area is 134 Å². The molecule has 0 aliphatic carbocycles. The summed E-state index contributed by atoms with van der Waals surface area (Å²) in [5.74, 6) is -0.709. The summed E-state index contributed by atoms with van der Waals surface area (Å²) in [6.07, 6.45) is 2.22. The Kier molecular flexibility index (Phi) is 5.28. The van der Waals surface area contributed by atoms with Crippen molar-refractivity contribution in [1.29, 1.82) is 0 Å². The van der Waals surface area contributed by atoms with E-state index in [0.717, 1.165) is 16.0 Å². The Bertz CT molecular complexity index is 699. The largest absolute Gasteiger partial charge is 0.451 e. The van der Waals surface area contributed by atoms with E-state index in [9.17, 15) is 9.59 Å². The van der Waals surface area contributed by atoms with Gasteiger partial charge in [-0.25, -0.2) is 4.79 Å². The first kappa shape index (κ1) is 16.2. The normalized spacial score (nSPS) is 12.3. The molecular weight excluding hydrogens is 296 g/mol. The first-order valence-corrected chi connectivity index (χ1v) is 7.89. The zero-order valence-corrected chi connectivity index (χ0v) is 13.6. The van der Waals surface area contributed by atoms with Crippen LogP contribution >= 0.6 is 11.3 Å². The van der Waals surface area contributed by atoms with Crippen molar-refractivity contribution in [3.05, 3.63) is 63.4 Å². The van der Waals surface area contributed by atoms with Crippen molar-refractivity contribution in [1.82, 2.24) is 0 Å². The van der Waals surface area contributed by atoms with Crippen LogP contribution in [0, 0.1) is 13.8 Å². The lowest BCUT2D eigenvalue weighted by atomic mass is 10.0. The highest BCUT2D eigenvalue weighted by molar-refractivity contribution is 7.10. The Morgan fingerprint density at radius 3 is 2.59 bits per heavy atom. The van der Waals surface area contributed by atoms with Gasteiger partial charge in [-0.2, -0.15) is 0 Å². The van der Waals surface area contributed by atoms with Gasteiger partial charge in [-0.1, -0.05) is 18.2 Å². The van der Waals surface area contributed by atoms with Gasteiger partial charge in [-0.05, 0) is 55.5 Å². The number of ether oxygens (including phenoxy) is 1. The molecule has 0 N–H and O–H groups in total. The molecule has 4 heteroatoms. The Hall–Kier alpha value is -2.20. The minimum atomic E-state index is -0.803. The number of rotatable bonds is 5. The van der Waals surface area contributed by atoms with E-state index in [0.29, 0.717) is 5.56 Å². The molecule has 2 rings (SSSR count). The molecule has 0 unspecified atom stereocenters. The highest BCUT2D eigenvalue weighted by Crippen LogP contribution is 2.14. The van der Waals surface area contributed by atoms with Crippen LogP contribution in [-0.2, 0) is 9.53 Å². The summed E-state index contributed by atoms with van der Waals surface area (Å²) in [5.41, 5.74) is 2.73. The van der Waals surface area contributed by atoms with E-state index in [1.165, 1.54) is 17.4 Å². The maximum Gasteiger partial charge on any atom is 0.331 e. The topological polar surface area (TPSA) is 43.4 Å². The van der Waals surface area contributed by atoms with Crippen molar-refractivity contribution >= 4 is 29.2 Å². The third-order valence-electron chi connectivity index (χ3n) is 3.38. The zero-order chi connectivity index (χ0) is 16.1. The second-order valence-electron chi connectivity index (χ2n) is 5.09. The van der Waals surface area contributed by atoms with Crippen LogP contribution in [0.4, 0.5) is 0 Å². The highest BCUT2D eigenvalue weighted by Gasteiger charge is 2.18. The first-order valence-electron chi connectivity index (χ1n) is 7.01. The molecular formula is C18H18O3S. The van der Waals surface area contributed by atoms with Crippen LogP contribution < -0.4 is 0 Å². The molecule has 0 bridgehead atoms. The summed E-state index contributed by atoms with van der Waals surface area (Å²) in [6, 6.07) is 9.29. The summed E-state index contributed by atoms with van der Waals surface area (Å²) in [7, 11) is 0. The van der Waals surface area contributed by atoms with Gasteiger partial charge in [0.1, 0.15) is 0 Å². The van der Waals surface area contributed by atoms with Gasteiger partial charge in [0, 0.05) is 16.5 Å². The van der Waals surface area contributed by atoms with Crippen LogP contribution in [0.1, 0.15) is 33.3 Å². The molecule has 3 nitrogen and oxygen atoms in total. The van der Waals surface area contributed by atoms with Crippen LogP contribution in [0.5, 0.6) is 0 Å². The predicted molar refractivity (Wildman–Crippen MR) is 89.2 cm³/mol. The predicted octanol–water partition coefficient (Wildman–Crippen LogP) is 4.19. The number of carbonyl (C=O) groups is 2. The molecule has 0 spiro atoms. The molecule has 2 aromatic rings. The van der Waals surface area contributed by atoms with Crippen LogP contribution in [0.15, 0.2) is 41.8 Å². The minimum absolute atomic E-state index is 0.194. The number of hydrogen-bond acceptors (Lipinski definition) is 4. The van der Waals surface area contributed by atoms with Gasteiger partial charge in [-0.3, -0.25) is 4.79 Å². The third-order valence-corrected chi connectivity index (χ3v) is 4.22. The fourth-order valence-corrected chi connectivity index (χ4v) is 2.55. The van der Waals surface area contributed by atoms with Crippen LogP contribution in [0.2, 0.25) is 0 Å². The van der Waals surface area contributed by atoms with E-state index in [4.69, 9.17) is 4.74 Å². The van der Waals surface area contributed by atoms with Crippen molar-refractivity contribution < 1.29 is 14.3 Å². The van der Waals surface area contributed by atoms with Gasteiger partial charge in [-0.15, -0.1) is 11.3 Å². The third kappa shape index (κ3) is 4.15. The zero-order valence-electron chi connectivity index (χ0n) is 12.8. The molecule has 114 valence electrons. The number of hydrogen-bond donors (Lipinski definition) is 0. The standard InChI is InChI=1S/C18H18O3S/c1-12-6-7-15(11-13(12)2)18(20)14(3)21-17(19)9-8-16-5-4-10-22-16/h4-11,14H,1-3H3/b9-8+/t14-/m1/s1. The summed E-state index contributed by atoms with van der Waals surface area (Å²) in [6.45, 7) is 5.53. The van der Waals surface area contributed by atoms with Gasteiger partial charge < -0.3 is 4.74 Å². The Balaban J connectivity index is 1.98. The minimum Gasteiger partial charge on any atom is -0.451 e. The number of thiophene rings is 1. The van der Waals surface area contributed by atoms with Crippen molar-refractivity contribution in [2.24, 2.45) is 0 Å². The SMILES string of the molecule is Cc1ccc(C(=O)[C@@H](C)OC(=O)/C=C/c2cccs2)cc1C. The molecule has 0 radical (unpaired) electrons. The molecule has 0 aliphatic heterocycles. The molecule has 0 amide bonds. The quantitative estimate of drug-likeness (QED) is 0.472. The van der Waals surface area contributed by atoms with Crippen LogP contribution in [0.3, 0.4) is 0 Å². The molecule has 0 saturated heterocycles. The number of aryl methyl sites for hydroxylation is 2. The lowest BCUT2D eigenvalue weighted by Crippen LogP contribution is -2.23. The second-order valence-corrected chi connectivity index (χ2v) is 6.07. The summed E-state index contributed by atoms with van der Waals surface area (Å²) >= 11 is 1.53. The Morgan fingerprint density at radius 2 is 1.95 bits per heavy atom. The van der Waals surface area contributed by atoms with E-state index in [-0.39, 0.29) is 5.78 Å². The van der Waals surface area contributed by atoms with Gasteiger partial charge in [0.05, 0.1) is 0 Å². The van der Waals surface area contributed by atoms with E-state index >= 15 is 0 Å². The average Bonchev–Trinajstić information content (AvgIpc) is 3.00. The van der Waals surface area contributed by atoms with E-state index in [1.54, 1.807) is 19.1 Å². The van der Waals surface area contributed by atoms with E-state index < -0.39 is 12.1 Å².